The van der Waals surface area contributed by atoms with E-state index >= 15 is 0 Å². The number of anilines is 2. The van der Waals surface area contributed by atoms with E-state index < -0.39 is 0 Å². The number of nitrogens with zero attached hydrogens (tertiary/aromatic N) is 1. The van der Waals surface area contributed by atoms with E-state index in [9.17, 15) is 4.79 Å². The quantitative estimate of drug-likeness (QED) is 0.723. The summed E-state index contributed by atoms with van der Waals surface area (Å²) in [5, 5.41) is 6.21. The number of carbonyl (C=O) groups excluding carboxylic acids is 1. The highest BCUT2D eigenvalue weighted by Gasteiger charge is 2.17. The van der Waals surface area contributed by atoms with Gasteiger partial charge in [-0.05, 0) is 57.5 Å². The summed E-state index contributed by atoms with van der Waals surface area (Å²) in [6.45, 7) is 5.73. The van der Waals surface area contributed by atoms with Gasteiger partial charge in [0.2, 0.25) is 0 Å². The molecule has 5 heteroatoms. The molecule has 0 bridgehead atoms. The topological polar surface area (TPSA) is 70.4 Å². The molecular formula is C16H26N4O. The van der Waals surface area contributed by atoms with Gasteiger partial charge in [-0.2, -0.15) is 0 Å². The third-order valence-corrected chi connectivity index (χ3v) is 3.96. The molecule has 1 amide bonds. The van der Waals surface area contributed by atoms with Crippen molar-refractivity contribution in [1.29, 1.82) is 0 Å². The first-order chi connectivity index (χ1) is 10.1. The molecule has 0 aromatic heterocycles. The third kappa shape index (κ3) is 4.36. The Morgan fingerprint density at radius 1 is 1.48 bits per heavy atom. The second-order valence-corrected chi connectivity index (χ2v) is 5.81. The minimum absolute atomic E-state index is 0.0575. The highest BCUT2D eigenvalue weighted by molar-refractivity contribution is 5.96. The van der Waals surface area contributed by atoms with E-state index in [0.717, 1.165) is 18.8 Å². The van der Waals surface area contributed by atoms with Crippen LogP contribution in [0.3, 0.4) is 0 Å². The van der Waals surface area contributed by atoms with Crippen LogP contribution in [0, 0.1) is 5.92 Å². The van der Waals surface area contributed by atoms with Crippen LogP contribution in [-0.4, -0.2) is 44.0 Å². The van der Waals surface area contributed by atoms with Crippen molar-refractivity contribution < 1.29 is 4.79 Å². The Labute approximate surface area is 126 Å². The van der Waals surface area contributed by atoms with Gasteiger partial charge in [0.05, 0.1) is 11.4 Å². The summed E-state index contributed by atoms with van der Waals surface area (Å²) < 4.78 is 0. The zero-order chi connectivity index (χ0) is 15.2. The molecule has 1 atom stereocenters. The summed E-state index contributed by atoms with van der Waals surface area (Å²) in [6.07, 6.45) is 2.49. The second-order valence-electron chi connectivity index (χ2n) is 5.81. The summed E-state index contributed by atoms with van der Waals surface area (Å²) in [4.78, 5) is 14.2. The molecule has 4 N–H and O–H groups in total. The van der Waals surface area contributed by atoms with Crippen LogP contribution < -0.4 is 16.4 Å². The van der Waals surface area contributed by atoms with Gasteiger partial charge in [-0.1, -0.05) is 0 Å². The molecule has 1 aromatic rings. The number of piperidine rings is 1. The van der Waals surface area contributed by atoms with Gasteiger partial charge >= 0.3 is 0 Å². The van der Waals surface area contributed by atoms with Crippen LogP contribution >= 0.6 is 0 Å². The molecule has 1 aliphatic rings. The molecule has 1 unspecified atom stereocenters. The molecule has 5 nitrogen and oxygen atoms in total. The van der Waals surface area contributed by atoms with Gasteiger partial charge in [-0.15, -0.1) is 0 Å². The van der Waals surface area contributed by atoms with E-state index in [-0.39, 0.29) is 5.91 Å². The highest BCUT2D eigenvalue weighted by Crippen LogP contribution is 2.22. The van der Waals surface area contributed by atoms with Gasteiger partial charge in [0, 0.05) is 25.2 Å². The van der Waals surface area contributed by atoms with Crippen LogP contribution in [0.15, 0.2) is 18.2 Å². The SMILES string of the molecule is CCNC(=O)c1ccc(N)c(NCC2CCCN(C)C2)c1. The Bertz CT molecular complexity index is 489. The first kappa shape index (κ1) is 15.6. The molecule has 1 fully saturated rings. The van der Waals surface area contributed by atoms with E-state index in [1.165, 1.54) is 19.4 Å². The highest BCUT2D eigenvalue weighted by atomic mass is 16.1. The number of carbonyl (C=O) groups is 1. The Morgan fingerprint density at radius 2 is 2.29 bits per heavy atom. The molecule has 1 heterocycles. The van der Waals surface area contributed by atoms with Gasteiger partial charge in [0.25, 0.3) is 5.91 Å². The first-order valence-electron chi connectivity index (χ1n) is 7.70. The maximum Gasteiger partial charge on any atom is 0.251 e. The fraction of sp³-hybridized carbons (Fsp3) is 0.562. The van der Waals surface area contributed by atoms with E-state index in [1.807, 2.05) is 13.0 Å². The summed E-state index contributed by atoms with van der Waals surface area (Å²) >= 11 is 0. The number of hydrogen-bond donors (Lipinski definition) is 3. The van der Waals surface area contributed by atoms with Crippen LogP contribution in [0.4, 0.5) is 11.4 Å². The average molecular weight is 290 g/mol. The second kappa shape index (κ2) is 7.31. The predicted molar refractivity (Wildman–Crippen MR) is 87.6 cm³/mol. The zero-order valence-corrected chi connectivity index (χ0v) is 13.0. The molecule has 1 aliphatic heterocycles. The van der Waals surface area contributed by atoms with Crippen LogP contribution in [0.25, 0.3) is 0 Å². The first-order valence-corrected chi connectivity index (χ1v) is 7.70. The lowest BCUT2D eigenvalue weighted by Crippen LogP contribution is -2.35. The van der Waals surface area contributed by atoms with Crippen LogP contribution in [0.5, 0.6) is 0 Å². The van der Waals surface area contributed by atoms with Crippen molar-refractivity contribution in [3.63, 3.8) is 0 Å². The van der Waals surface area contributed by atoms with E-state index in [1.54, 1.807) is 12.1 Å². The maximum atomic E-state index is 11.9. The Morgan fingerprint density at radius 3 is 3.00 bits per heavy atom. The number of rotatable bonds is 5. The maximum absolute atomic E-state index is 11.9. The van der Waals surface area contributed by atoms with Crippen molar-refractivity contribution in [3.8, 4) is 0 Å². The molecule has 116 valence electrons. The number of hydrogen-bond acceptors (Lipinski definition) is 4. The third-order valence-electron chi connectivity index (χ3n) is 3.96. The van der Waals surface area contributed by atoms with Gasteiger partial charge in [-0.3, -0.25) is 4.79 Å². The summed E-state index contributed by atoms with van der Waals surface area (Å²) in [7, 11) is 2.16. The van der Waals surface area contributed by atoms with Crippen LogP contribution in [0.1, 0.15) is 30.1 Å². The lowest BCUT2D eigenvalue weighted by Gasteiger charge is -2.30. The number of nitrogens with two attached hydrogens (primary N) is 1. The molecule has 1 aromatic carbocycles. The van der Waals surface area contributed by atoms with E-state index in [4.69, 9.17) is 5.73 Å². The normalized spacial score (nSPS) is 19.2. The smallest absolute Gasteiger partial charge is 0.251 e. The van der Waals surface area contributed by atoms with Crippen molar-refractivity contribution in [3.05, 3.63) is 23.8 Å². The van der Waals surface area contributed by atoms with Gasteiger partial charge < -0.3 is 21.3 Å². The molecule has 2 rings (SSSR count). The summed E-state index contributed by atoms with van der Waals surface area (Å²) in [5.41, 5.74) is 8.19. The number of amides is 1. The van der Waals surface area contributed by atoms with Crippen molar-refractivity contribution in [2.24, 2.45) is 5.92 Å². The van der Waals surface area contributed by atoms with Gasteiger partial charge in [0.1, 0.15) is 0 Å². The van der Waals surface area contributed by atoms with Crippen molar-refractivity contribution in [2.45, 2.75) is 19.8 Å². The molecule has 0 spiro atoms. The Hall–Kier alpha value is -1.75. The van der Waals surface area contributed by atoms with Gasteiger partial charge in [0.15, 0.2) is 0 Å². The zero-order valence-electron chi connectivity index (χ0n) is 13.0. The van der Waals surface area contributed by atoms with Crippen molar-refractivity contribution in [2.75, 3.05) is 44.3 Å². The summed E-state index contributed by atoms with van der Waals surface area (Å²) in [5.74, 6) is 0.578. The summed E-state index contributed by atoms with van der Waals surface area (Å²) in [6, 6.07) is 5.40. The Balaban J connectivity index is 1.98. The molecule has 1 saturated heterocycles. The predicted octanol–water partition coefficient (Wildman–Crippen LogP) is 1.77. The lowest BCUT2D eigenvalue weighted by atomic mass is 9.98. The molecule has 0 radical (unpaired) electrons. The minimum Gasteiger partial charge on any atom is -0.397 e. The number of likely N-dealkylation sites (tertiary alicyclic amines) is 1. The lowest BCUT2D eigenvalue weighted by molar-refractivity contribution is 0.0956. The Kier molecular flexibility index (Phi) is 5.44. The largest absolute Gasteiger partial charge is 0.397 e. The van der Waals surface area contributed by atoms with Crippen molar-refractivity contribution >= 4 is 17.3 Å². The van der Waals surface area contributed by atoms with Crippen LogP contribution in [-0.2, 0) is 0 Å². The molecule has 0 aliphatic carbocycles. The molecular weight excluding hydrogens is 264 g/mol. The fourth-order valence-corrected chi connectivity index (χ4v) is 2.81. The monoisotopic (exact) mass is 290 g/mol. The van der Waals surface area contributed by atoms with E-state index in [2.05, 4.69) is 22.6 Å². The number of nitrogen functional groups attached to an aromatic ring is 1. The molecule has 21 heavy (non-hydrogen) atoms. The van der Waals surface area contributed by atoms with Crippen molar-refractivity contribution in [1.82, 2.24) is 10.2 Å². The average Bonchev–Trinajstić information content (AvgIpc) is 2.46. The standard InChI is InChI=1S/C16H26N4O/c1-3-18-16(21)13-6-7-14(17)15(9-13)19-10-12-5-4-8-20(2)11-12/h6-7,9,12,19H,3-5,8,10-11,17H2,1-2H3,(H,18,21). The minimum atomic E-state index is -0.0575. The van der Waals surface area contributed by atoms with E-state index in [0.29, 0.717) is 23.7 Å². The fourth-order valence-electron chi connectivity index (χ4n) is 2.81. The number of nitrogens with one attached hydrogen (secondary N) is 2. The molecule has 0 saturated carbocycles. The van der Waals surface area contributed by atoms with Crippen LogP contribution in [0.2, 0.25) is 0 Å². The number of benzene rings is 1. The van der Waals surface area contributed by atoms with Gasteiger partial charge in [-0.25, -0.2) is 0 Å².